The number of nitrogens with one attached hydrogen (secondary N) is 3. The van der Waals surface area contributed by atoms with E-state index in [1.165, 1.54) is 0 Å². The van der Waals surface area contributed by atoms with Crippen molar-refractivity contribution in [1.82, 2.24) is 16.0 Å². The minimum absolute atomic E-state index is 0.0460. The second-order valence-electron chi connectivity index (χ2n) is 6.44. The average molecular weight is 383 g/mol. The van der Waals surface area contributed by atoms with Gasteiger partial charge in [0.1, 0.15) is 6.61 Å². The second kappa shape index (κ2) is 15.3. The quantitative estimate of drug-likeness (QED) is 0.271. The fraction of sp³-hybridized carbons (Fsp3) is 0.789. The Balaban J connectivity index is 1.81. The van der Waals surface area contributed by atoms with Gasteiger partial charge in [-0.05, 0) is 19.8 Å². The van der Waals surface area contributed by atoms with Gasteiger partial charge in [-0.2, -0.15) is 0 Å². The fourth-order valence-electron chi connectivity index (χ4n) is 2.71. The summed E-state index contributed by atoms with van der Waals surface area (Å²) in [5.41, 5.74) is 0. The Morgan fingerprint density at radius 1 is 1.07 bits per heavy atom. The number of rotatable bonds is 16. The zero-order valence-corrected chi connectivity index (χ0v) is 16.3. The molecule has 1 heterocycles. The second-order valence-corrected chi connectivity index (χ2v) is 6.44. The topological polar surface area (TPSA) is 97.9 Å². The summed E-state index contributed by atoms with van der Waals surface area (Å²) in [6.07, 6.45) is 9.34. The Labute approximate surface area is 162 Å². The molecule has 1 rings (SSSR count). The summed E-state index contributed by atoms with van der Waals surface area (Å²) in [5.74, 6) is 2.43. The largest absolute Gasteiger partial charge is 0.377 e. The molecule has 1 aliphatic heterocycles. The van der Waals surface area contributed by atoms with Crippen LogP contribution in [0.3, 0.4) is 0 Å². The predicted molar refractivity (Wildman–Crippen MR) is 102 cm³/mol. The molecule has 1 fully saturated rings. The maximum atomic E-state index is 11.7. The molecule has 0 saturated carbocycles. The van der Waals surface area contributed by atoms with E-state index in [2.05, 4.69) is 21.9 Å². The minimum Gasteiger partial charge on any atom is -0.377 e. The zero-order valence-electron chi connectivity index (χ0n) is 16.3. The highest BCUT2D eigenvalue weighted by atomic mass is 16.5. The first kappa shape index (κ1) is 23.2. The number of hydrogen-bond acceptors (Lipinski definition) is 5. The molecule has 0 aromatic rings. The van der Waals surface area contributed by atoms with Gasteiger partial charge in [0.2, 0.25) is 5.91 Å². The Morgan fingerprint density at radius 2 is 1.78 bits per heavy atom. The van der Waals surface area contributed by atoms with Crippen LogP contribution in [0.4, 0.5) is 4.79 Å². The lowest BCUT2D eigenvalue weighted by molar-refractivity contribution is -0.121. The van der Waals surface area contributed by atoms with E-state index in [4.69, 9.17) is 20.6 Å². The highest BCUT2D eigenvalue weighted by molar-refractivity contribution is 5.77. The predicted octanol–water partition coefficient (Wildman–Crippen LogP) is 0.806. The zero-order chi connectivity index (χ0) is 19.7. The number of hydrogen-bond donors (Lipinski definition) is 3. The lowest BCUT2D eigenvalue weighted by Gasteiger charge is -2.13. The van der Waals surface area contributed by atoms with Crippen molar-refractivity contribution < 1.29 is 23.8 Å². The Bertz CT molecular complexity index is 467. The number of terminal acetylenes is 1. The number of ether oxygens (including phenoxy) is 3. The first-order chi connectivity index (χ1) is 13.1. The van der Waals surface area contributed by atoms with Gasteiger partial charge in [-0.15, -0.1) is 6.42 Å². The van der Waals surface area contributed by atoms with Crippen molar-refractivity contribution in [3.63, 3.8) is 0 Å². The van der Waals surface area contributed by atoms with E-state index in [9.17, 15) is 9.59 Å². The summed E-state index contributed by atoms with van der Waals surface area (Å²) < 4.78 is 15.7. The van der Waals surface area contributed by atoms with E-state index >= 15 is 0 Å². The van der Waals surface area contributed by atoms with Crippen LogP contribution in [-0.2, 0) is 19.0 Å². The van der Waals surface area contributed by atoms with Crippen molar-refractivity contribution >= 4 is 11.9 Å². The number of urea groups is 1. The summed E-state index contributed by atoms with van der Waals surface area (Å²) >= 11 is 0. The smallest absolute Gasteiger partial charge is 0.315 e. The molecule has 1 aliphatic rings. The van der Waals surface area contributed by atoms with E-state index < -0.39 is 0 Å². The molecule has 3 N–H and O–H groups in total. The molecule has 27 heavy (non-hydrogen) atoms. The molecule has 0 aliphatic carbocycles. The van der Waals surface area contributed by atoms with Crippen LogP contribution in [0.1, 0.15) is 39.0 Å². The fourth-order valence-corrected chi connectivity index (χ4v) is 2.71. The van der Waals surface area contributed by atoms with Crippen molar-refractivity contribution in [3.8, 4) is 12.3 Å². The highest BCUT2D eigenvalue weighted by Crippen LogP contribution is 2.11. The highest BCUT2D eigenvalue weighted by Gasteiger charge is 2.26. The Hall–Kier alpha value is -1.82. The Morgan fingerprint density at radius 3 is 2.44 bits per heavy atom. The van der Waals surface area contributed by atoms with E-state index in [-0.39, 0.29) is 24.0 Å². The summed E-state index contributed by atoms with van der Waals surface area (Å²) in [5, 5.41) is 8.58. The van der Waals surface area contributed by atoms with Crippen molar-refractivity contribution in [2.24, 2.45) is 0 Å². The van der Waals surface area contributed by atoms with Crippen molar-refractivity contribution in [2.75, 3.05) is 46.2 Å². The number of unbranched alkanes of at least 4 members (excludes halogenated alkanes) is 2. The van der Waals surface area contributed by atoms with Crippen LogP contribution in [0.25, 0.3) is 0 Å². The molecule has 0 aromatic heterocycles. The van der Waals surface area contributed by atoms with Crippen LogP contribution in [0.2, 0.25) is 0 Å². The molecule has 3 amide bonds. The maximum Gasteiger partial charge on any atom is 0.315 e. The summed E-state index contributed by atoms with van der Waals surface area (Å²) in [4.78, 5) is 22.9. The molecule has 154 valence electrons. The van der Waals surface area contributed by atoms with Crippen LogP contribution in [-0.4, -0.2) is 70.2 Å². The number of carbonyl (C=O) groups excluding carboxylic acids is 2. The first-order valence-electron chi connectivity index (χ1n) is 9.64. The van der Waals surface area contributed by atoms with Crippen LogP contribution >= 0.6 is 0 Å². The van der Waals surface area contributed by atoms with E-state index in [1.807, 2.05) is 6.92 Å². The van der Waals surface area contributed by atoms with Crippen LogP contribution in [0.5, 0.6) is 0 Å². The van der Waals surface area contributed by atoms with E-state index in [1.54, 1.807) is 0 Å². The monoisotopic (exact) mass is 383 g/mol. The number of amides is 3. The third kappa shape index (κ3) is 12.2. The van der Waals surface area contributed by atoms with Gasteiger partial charge in [0.05, 0.1) is 39.1 Å². The van der Waals surface area contributed by atoms with E-state index in [0.717, 1.165) is 25.7 Å². The summed E-state index contributed by atoms with van der Waals surface area (Å²) in [6, 6.07) is 0.283. The first-order valence-corrected chi connectivity index (χ1v) is 9.64. The van der Waals surface area contributed by atoms with Gasteiger partial charge in [-0.25, -0.2) is 4.79 Å². The third-order valence-electron chi connectivity index (χ3n) is 4.20. The molecule has 2 atom stereocenters. The minimum atomic E-state index is -0.0882. The molecule has 8 heteroatoms. The molecule has 0 bridgehead atoms. The molecular formula is C19H33N3O5. The van der Waals surface area contributed by atoms with Gasteiger partial charge in [0, 0.05) is 19.0 Å². The van der Waals surface area contributed by atoms with E-state index in [0.29, 0.717) is 52.6 Å². The molecule has 0 spiro atoms. The molecule has 0 aromatic carbocycles. The summed E-state index contributed by atoms with van der Waals surface area (Å²) in [6.45, 7) is 5.21. The van der Waals surface area contributed by atoms with Gasteiger partial charge in [0.25, 0.3) is 0 Å². The van der Waals surface area contributed by atoms with Gasteiger partial charge >= 0.3 is 6.03 Å². The Kier molecular flexibility index (Phi) is 13.1. The molecule has 0 unspecified atom stereocenters. The normalized spacial score (nSPS) is 18.6. The van der Waals surface area contributed by atoms with Crippen molar-refractivity contribution in [1.29, 1.82) is 0 Å². The van der Waals surface area contributed by atoms with Crippen LogP contribution in [0.15, 0.2) is 0 Å². The van der Waals surface area contributed by atoms with Crippen LogP contribution in [0, 0.1) is 12.3 Å². The lowest BCUT2D eigenvalue weighted by atomic mass is 10.0. The van der Waals surface area contributed by atoms with Gasteiger partial charge in [-0.3, -0.25) is 4.79 Å². The van der Waals surface area contributed by atoms with Crippen LogP contribution < -0.4 is 16.0 Å². The van der Waals surface area contributed by atoms with Crippen molar-refractivity contribution in [2.45, 2.75) is 51.1 Å². The molecule has 8 nitrogen and oxygen atoms in total. The average Bonchev–Trinajstić information content (AvgIpc) is 2.96. The van der Waals surface area contributed by atoms with Gasteiger partial charge in [-0.1, -0.05) is 18.8 Å². The molecule has 1 saturated heterocycles. The van der Waals surface area contributed by atoms with Gasteiger partial charge < -0.3 is 30.2 Å². The maximum absolute atomic E-state index is 11.7. The number of carbonyl (C=O) groups is 2. The standard InChI is InChI=1S/C19H33N3O5/c1-3-10-25-12-14-27-15-13-26-11-9-20-18(23)8-6-4-5-7-17-16(2)21-19(24)22-17/h1,16-17H,4-15H2,2H3,(H,20,23)(H2,21,22,24)/t16-,17+/m0/s1. The molecular weight excluding hydrogens is 350 g/mol. The molecule has 0 radical (unpaired) electrons. The summed E-state index contributed by atoms with van der Waals surface area (Å²) in [7, 11) is 0. The SMILES string of the molecule is C#CCOCCOCCOCCNC(=O)CCCCC[C@H]1NC(=O)N[C@H]1C. The third-order valence-corrected chi connectivity index (χ3v) is 4.20. The van der Waals surface area contributed by atoms with Gasteiger partial charge in [0.15, 0.2) is 0 Å². The lowest BCUT2D eigenvalue weighted by Crippen LogP contribution is -2.30. The van der Waals surface area contributed by atoms with Crippen molar-refractivity contribution in [3.05, 3.63) is 0 Å².